The molecule has 0 amide bonds. The number of Topliss-reactive ketones (excluding diaryl/α,β-unsaturated/α-hetero) is 1. The van der Waals surface area contributed by atoms with Gasteiger partial charge in [-0.25, -0.2) is 4.79 Å². The summed E-state index contributed by atoms with van der Waals surface area (Å²) in [4.78, 5) is 25.9. The van der Waals surface area contributed by atoms with E-state index < -0.39 is 58.0 Å². The van der Waals surface area contributed by atoms with Crippen LogP contribution >= 0.6 is 0 Å². The number of hydrogen-bond donors (Lipinski definition) is 4. The summed E-state index contributed by atoms with van der Waals surface area (Å²) in [6.45, 7) is 8.86. The van der Waals surface area contributed by atoms with Crippen LogP contribution < -0.4 is 0 Å². The lowest BCUT2D eigenvalue weighted by atomic mass is 9.42. The van der Waals surface area contributed by atoms with E-state index in [2.05, 4.69) is 0 Å². The van der Waals surface area contributed by atoms with Crippen LogP contribution in [0.3, 0.4) is 0 Å². The number of fused-ring (bicyclic) bond motifs is 5. The first-order valence-electron chi connectivity index (χ1n) is 13.3. The molecule has 0 aromatic heterocycles. The van der Waals surface area contributed by atoms with Gasteiger partial charge in [0.2, 0.25) is 0 Å². The van der Waals surface area contributed by atoms with Gasteiger partial charge in [-0.3, -0.25) is 4.79 Å². The van der Waals surface area contributed by atoms with Crippen LogP contribution in [-0.2, 0) is 19.1 Å². The Labute approximate surface area is 211 Å². The summed E-state index contributed by atoms with van der Waals surface area (Å²) in [5.74, 6) is -0.905. The topological polar surface area (TPSA) is 134 Å². The average molecular weight is 503 g/mol. The molecule has 4 aliphatic carbocycles. The summed E-state index contributed by atoms with van der Waals surface area (Å²) in [6.07, 6.45) is 0.737. The summed E-state index contributed by atoms with van der Waals surface area (Å²) in [5.41, 5.74) is -4.58. The summed E-state index contributed by atoms with van der Waals surface area (Å²) in [7, 11) is 0. The van der Waals surface area contributed by atoms with Crippen molar-refractivity contribution in [1.82, 2.24) is 0 Å². The highest BCUT2D eigenvalue weighted by molar-refractivity contribution is 5.90. The molecule has 0 radical (unpaired) electrons. The molecule has 6 aliphatic rings. The highest BCUT2D eigenvalue weighted by Gasteiger charge is 2.78. The summed E-state index contributed by atoms with van der Waals surface area (Å²) in [6, 6.07) is 0. The van der Waals surface area contributed by atoms with Crippen LogP contribution in [0.1, 0.15) is 73.1 Å². The van der Waals surface area contributed by atoms with Crippen molar-refractivity contribution in [2.75, 3.05) is 0 Å². The number of aliphatic hydroxyl groups excluding tert-OH is 1. The molecule has 3 saturated carbocycles. The highest BCUT2D eigenvalue weighted by atomic mass is 16.6. The smallest absolute Gasteiger partial charge is 0.334 e. The van der Waals surface area contributed by atoms with Crippen molar-refractivity contribution < 1.29 is 39.5 Å². The van der Waals surface area contributed by atoms with Crippen LogP contribution in [0.4, 0.5) is 0 Å². The van der Waals surface area contributed by atoms with Crippen molar-refractivity contribution in [3.8, 4) is 0 Å². The molecule has 8 nitrogen and oxygen atoms in total. The molecule has 2 aliphatic heterocycles. The van der Waals surface area contributed by atoms with E-state index >= 15 is 0 Å². The zero-order chi connectivity index (χ0) is 26.2. The fourth-order valence-electron chi connectivity index (χ4n) is 9.16. The summed E-state index contributed by atoms with van der Waals surface area (Å²) in [5, 5.41) is 46.9. The monoisotopic (exact) mass is 502 g/mol. The Morgan fingerprint density at radius 3 is 2.50 bits per heavy atom. The maximum absolute atomic E-state index is 13.4. The van der Waals surface area contributed by atoms with Gasteiger partial charge in [0.15, 0.2) is 0 Å². The number of aliphatic hydroxyl groups is 4. The first-order chi connectivity index (χ1) is 16.6. The molecule has 4 fully saturated rings. The third-order valence-electron chi connectivity index (χ3n) is 11.8. The van der Waals surface area contributed by atoms with Gasteiger partial charge in [0.1, 0.15) is 34.8 Å². The Kier molecular flexibility index (Phi) is 4.87. The van der Waals surface area contributed by atoms with Crippen molar-refractivity contribution in [3.05, 3.63) is 22.8 Å². The van der Waals surface area contributed by atoms with E-state index in [1.165, 1.54) is 0 Å². The minimum absolute atomic E-state index is 0.0753. The maximum Gasteiger partial charge on any atom is 0.334 e. The van der Waals surface area contributed by atoms with E-state index in [1.54, 1.807) is 20.8 Å². The number of esters is 1. The second-order valence-electron chi connectivity index (χ2n) is 13.0. The number of hydrogen-bond acceptors (Lipinski definition) is 8. The van der Waals surface area contributed by atoms with Crippen molar-refractivity contribution in [2.24, 2.45) is 22.7 Å². The SMILES string of the molecule is CC1=C(C)C(=O)OC(C(C)(O)C2(O)CC=C3C4CC5OC6CC(=O)C(C)(C4CCC32C)C5(O)C6O)C1. The van der Waals surface area contributed by atoms with Gasteiger partial charge in [0.25, 0.3) is 0 Å². The van der Waals surface area contributed by atoms with E-state index in [9.17, 15) is 30.0 Å². The van der Waals surface area contributed by atoms with Gasteiger partial charge >= 0.3 is 5.97 Å². The second kappa shape index (κ2) is 7.08. The van der Waals surface area contributed by atoms with E-state index in [1.807, 2.05) is 19.9 Å². The lowest BCUT2D eigenvalue weighted by molar-refractivity contribution is -0.248. The number of rotatable bonds is 2. The fraction of sp³-hybridized carbons (Fsp3) is 0.786. The Morgan fingerprint density at radius 1 is 1.14 bits per heavy atom. The molecule has 0 spiro atoms. The number of carbonyl (C=O) groups excluding carboxylic acids is 2. The third-order valence-corrected chi connectivity index (χ3v) is 11.8. The van der Waals surface area contributed by atoms with Gasteiger partial charge in [-0.15, -0.1) is 0 Å². The van der Waals surface area contributed by atoms with Gasteiger partial charge in [0.05, 0.1) is 17.6 Å². The average Bonchev–Trinajstić information content (AvgIpc) is 3.22. The summed E-state index contributed by atoms with van der Waals surface area (Å²) >= 11 is 0. The van der Waals surface area contributed by atoms with E-state index in [4.69, 9.17) is 9.47 Å². The molecule has 0 aromatic carbocycles. The van der Waals surface area contributed by atoms with E-state index in [0.29, 0.717) is 31.3 Å². The normalized spacial score (nSPS) is 53.4. The predicted octanol–water partition coefficient (Wildman–Crippen LogP) is 1.73. The standard InChI is InChI=1S/C28H38O8/c1-13-10-20(36-23(31)14(13)2)26(5,32)27(33)9-7-16-15-11-21-28(34)22(30)18(35-21)12-19(29)25(28,4)17(15)6-8-24(16,27)3/h7,15,17-18,20-22,30,32-34H,6,8-12H2,1-5H3. The maximum atomic E-state index is 13.4. The van der Waals surface area contributed by atoms with Crippen LogP contribution in [0.15, 0.2) is 22.8 Å². The minimum atomic E-state index is -1.72. The number of ether oxygens (including phenoxy) is 2. The van der Waals surface area contributed by atoms with Gasteiger partial charge in [-0.2, -0.15) is 0 Å². The van der Waals surface area contributed by atoms with E-state index in [0.717, 1.165) is 11.1 Å². The lowest BCUT2D eigenvalue weighted by Gasteiger charge is -2.63. The van der Waals surface area contributed by atoms with Crippen molar-refractivity contribution in [3.63, 3.8) is 0 Å². The van der Waals surface area contributed by atoms with Crippen molar-refractivity contribution >= 4 is 11.8 Å². The predicted molar refractivity (Wildman–Crippen MR) is 127 cm³/mol. The first kappa shape index (κ1) is 24.7. The molecule has 11 unspecified atom stereocenters. The molecular formula is C28H38O8. The molecule has 198 valence electrons. The Morgan fingerprint density at radius 2 is 1.83 bits per heavy atom. The zero-order valence-electron chi connectivity index (χ0n) is 21.7. The van der Waals surface area contributed by atoms with Gasteiger partial charge in [-0.1, -0.05) is 24.1 Å². The van der Waals surface area contributed by atoms with Crippen LogP contribution in [0.25, 0.3) is 0 Å². The molecule has 4 N–H and O–H groups in total. The molecule has 0 aromatic rings. The number of carbonyl (C=O) groups is 2. The summed E-state index contributed by atoms with van der Waals surface area (Å²) < 4.78 is 11.7. The van der Waals surface area contributed by atoms with Crippen LogP contribution in [0, 0.1) is 22.7 Å². The van der Waals surface area contributed by atoms with Crippen LogP contribution in [0.2, 0.25) is 0 Å². The van der Waals surface area contributed by atoms with E-state index in [-0.39, 0.29) is 30.5 Å². The highest BCUT2D eigenvalue weighted by Crippen LogP contribution is 2.70. The number of cyclic esters (lactones) is 1. The van der Waals surface area contributed by atoms with Crippen LogP contribution in [0.5, 0.6) is 0 Å². The zero-order valence-corrected chi connectivity index (χ0v) is 21.7. The molecule has 36 heavy (non-hydrogen) atoms. The first-order valence-corrected chi connectivity index (χ1v) is 13.3. The Hall–Kier alpha value is -1.58. The second-order valence-corrected chi connectivity index (χ2v) is 13.0. The van der Waals surface area contributed by atoms with Crippen molar-refractivity contribution in [1.29, 1.82) is 0 Å². The fourth-order valence-corrected chi connectivity index (χ4v) is 9.16. The van der Waals surface area contributed by atoms with Gasteiger partial charge < -0.3 is 29.9 Å². The van der Waals surface area contributed by atoms with Gasteiger partial charge in [-0.05, 0) is 65.2 Å². The lowest BCUT2D eigenvalue weighted by Crippen LogP contribution is -2.73. The number of ketones is 1. The van der Waals surface area contributed by atoms with Gasteiger partial charge in [0, 0.05) is 23.8 Å². The third kappa shape index (κ3) is 2.49. The molecule has 2 heterocycles. The Balaban J connectivity index is 1.37. The molecule has 2 bridgehead atoms. The molecule has 11 atom stereocenters. The quantitative estimate of drug-likeness (QED) is 0.331. The molecule has 8 heteroatoms. The Bertz CT molecular complexity index is 1120. The van der Waals surface area contributed by atoms with Crippen LogP contribution in [-0.4, -0.2) is 73.4 Å². The molecular weight excluding hydrogens is 464 g/mol. The van der Waals surface area contributed by atoms with Crippen molar-refractivity contribution in [2.45, 2.75) is 114 Å². The minimum Gasteiger partial charge on any atom is -0.455 e. The largest absolute Gasteiger partial charge is 0.455 e. The molecule has 6 rings (SSSR count). The molecule has 1 saturated heterocycles.